The van der Waals surface area contributed by atoms with E-state index >= 15 is 0 Å². The van der Waals surface area contributed by atoms with Crippen LogP contribution in [0.4, 0.5) is 0 Å². The Morgan fingerprint density at radius 3 is 2.38 bits per heavy atom. The average molecular weight is 154 g/mol. The van der Waals surface area contributed by atoms with Gasteiger partial charge >= 0.3 is 0 Å². The molecule has 48 valence electrons. The van der Waals surface area contributed by atoms with E-state index in [4.69, 9.17) is 15.7 Å². The molecule has 0 amide bonds. The number of nitrogens with two attached hydrogens (primary N) is 1. The molecule has 0 aliphatic rings. The van der Waals surface area contributed by atoms with Crippen LogP contribution >= 0.6 is 0 Å². The first-order chi connectivity index (χ1) is 3.42. The lowest BCUT2D eigenvalue weighted by molar-refractivity contribution is 0.566. The minimum atomic E-state index is -3.24. The Balaban J connectivity index is 3.95. The molecule has 6 heteroatoms. The Hall–Kier alpha value is -0.200. The summed E-state index contributed by atoms with van der Waals surface area (Å²) < 4.78 is 18.5. The summed E-state index contributed by atoms with van der Waals surface area (Å²) in [6, 6.07) is 0. The molecule has 0 heterocycles. The molecule has 8 heavy (non-hydrogen) atoms. The lowest BCUT2D eigenvalue weighted by Crippen LogP contribution is -2.20. The van der Waals surface area contributed by atoms with Crippen LogP contribution in [0.3, 0.4) is 0 Å². The molecule has 0 saturated heterocycles. The van der Waals surface area contributed by atoms with Gasteiger partial charge in [0.15, 0.2) is 0 Å². The molecule has 0 aromatic rings. The quantitative estimate of drug-likeness (QED) is 0.357. The molecule has 0 aliphatic heterocycles. The normalized spacial score (nSPS) is 17.1. The highest BCUT2D eigenvalue weighted by Gasteiger charge is 1.99. The third kappa shape index (κ3) is 5.80. The maximum absolute atomic E-state index is 10.1. The predicted molar refractivity (Wildman–Crippen MR) is 34.9 cm³/mol. The Bertz CT molecular complexity index is 182. The van der Waals surface area contributed by atoms with Gasteiger partial charge in [-0.15, -0.1) is 0 Å². The second-order valence-electron chi connectivity index (χ2n) is 1.25. The van der Waals surface area contributed by atoms with Crippen molar-refractivity contribution in [3.8, 4) is 0 Å². The first-order valence-electron chi connectivity index (χ1n) is 1.70. The van der Waals surface area contributed by atoms with Gasteiger partial charge in [0.25, 0.3) is 0 Å². The lowest BCUT2D eigenvalue weighted by atomic mass is 10.7. The van der Waals surface area contributed by atoms with E-state index in [0.29, 0.717) is 0 Å². The van der Waals surface area contributed by atoms with Crippen molar-refractivity contribution in [3.63, 3.8) is 0 Å². The zero-order valence-corrected chi connectivity index (χ0v) is 5.59. The van der Waals surface area contributed by atoms with Gasteiger partial charge in [-0.3, -0.25) is 5.41 Å². The summed E-state index contributed by atoms with van der Waals surface area (Å²) in [5.74, 6) is -0.769. The first kappa shape index (κ1) is 7.80. The fraction of sp³-hybridized carbons (Fsp3) is 0.500. The number of nitrogens with one attached hydrogen (secondary N) is 1. The van der Waals surface area contributed by atoms with Gasteiger partial charge in [-0.05, 0) is 0 Å². The van der Waals surface area contributed by atoms with E-state index in [1.54, 1.807) is 0 Å². The molecule has 0 spiro atoms. The van der Waals surface area contributed by atoms with E-state index in [2.05, 4.69) is 11.2 Å². The minimum absolute atomic E-state index is 0.354. The third-order valence-electron chi connectivity index (χ3n) is 0.338. The summed E-state index contributed by atoms with van der Waals surface area (Å²) >= 11 is 4.02. The van der Waals surface area contributed by atoms with Gasteiger partial charge in [0.2, 0.25) is 0 Å². The molecule has 0 fully saturated rings. The Morgan fingerprint density at radius 2 is 2.38 bits per heavy atom. The van der Waals surface area contributed by atoms with E-state index in [1.165, 1.54) is 0 Å². The molecular weight excluding hydrogens is 148 g/mol. The highest BCUT2D eigenvalue weighted by molar-refractivity contribution is 8.30. The van der Waals surface area contributed by atoms with Crippen LogP contribution in [0.2, 0.25) is 0 Å². The average Bonchev–Trinajstić information content (AvgIpc) is 1.21. The summed E-state index contributed by atoms with van der Waals surface area (Å²) in [4.78, 5) is 0. The van der Waals surface area contributed by atoms with Crippen LogP contribution in [0.5, 0.6) is 0 Å². The first-order valence-corrected chi connectivity index (χ1v) is 4.31. The fourth-order valence-electron chi connectivity index (χ4n) is 0.197. The van der Waals surface area contributed by atoms with Crippen molar-refractivity contribution >= 4 is 25.8 Å². The van der Waals surface area contributed by atoms with E-state index in [0.717, 1.165) is 0 Å². The van der Waals surface area contributed by atoms with Crippen LogP contribution in [0.15, 0.2) is 0 Å². The zero-order chi connectivity index (χ0) is 6.78. The maximum atomic E-state index is 10.1. The summed E-state index contributed by atoms with van der Waals surface area (Å²) in [7, 11) is -3.24. The monoisotopic (exact) mass is 154 g/mol. The molecule has 1 unspecified atom stereocenters. The Kier molecular flexibility index (Phi) is 2.32. The molecule has 0 radical (unpaired) electrons. The lowest BCUT2D eigenvalue weighted by Gasteiger charge is -1.92. The zero-order valence-electron chi connectivity index (χ0n) is 3.96. The van der Waals surface area contributed by atoms with Gasteiger partial charge in [0.05, 0.1) is 0 Å². The third-order valence-corrected chi connectivity index (χ3v) is 1.37. The molecule has 0 aromatic heterocycles. The molecule has 0 bridgehead atoms. The predicted octanol–water partition coefficient (Wildman–Crippen LogP) is -0.858. The van der Waals surface area contributed by atoms with E-state index < -0.39 is 14.5 Å². The van der Waals surface area contributed by atoms with Crippen LogP contribution < -0.4 is 5.73 Å². The molecule has 4 N–H and O–H groups in total. The van der Waals surface area contributed by atoms with E-state index in [-0.39, 0.29) is 5.84 Å². The van der Waals surface area contributed by atoms with Gasteiger partial charge in [-0.25, -0.2) is 4.21 Å². The van der Waals surface area contributed by atoms with Crippen molar-refractivity contribution < 1.29 is 8.76 Å². The molecule has 4 nitrogen and oxygen atoms in total. The van der Waals surface area contributed by atoms with Crippen LogP contribution in [0.1, 0.15) is 0 Å². The van der Waals surface area contributed by atoms with E-state index in [1.807, 2.05) is 0 Å². The van der Waals surface area contributed by atoms with Gasteiger partial charge in [-0.2, -0.15) is 0 Å². The maximum Gasteiger partial charge on any atom is 0.148 e. The van der Waals surface area contributed by atoms with E-state index in [9.17, 15) is 4.21 Å². The van der Waals surface area contributed by atoms with Gasteiger partial charge in [0, 0.05) is 11.2 Å². The molecule has 1 atom stereocenters. The molecular formula is C2H6N2O2S2. The van der Waals surface area contributed by atoms with Crippen LogP contribution in [-0.4, -0.2) is 20.4 Å². The van der Waals surface area contributed by atoms with Gasteiger partial charge in [-0.1, -0.05) is 0 Å². The largest absolute Gasteiger partial charge is 0.387 e. The van der Waals surface area contributed by atoms with Crippen molar-refractivity contribution in [3.05, 3.63) is 0 Å². The summed E-state index contributed by atoms with van der Waals surface area (Å²) in [6.45, 7) is 0. The fourth-order valence-corrected chi connectivity index (χ4v) is 0.970. The second kappa shape index (κ2) is 2.38. The van der Waals surface area contributed by atoms with Crippen LogP contribution in [0.25, 0.3) is 0 Å². The number of amidine groups is 1. The van der Waals surface area contributed by atoms with Gasteiger partial charge in [0.1, 0.15) is 20.4 Å². The minimum Gasteiger partial charge on any atom is -0.387 e. The smallest absolute Gasteiger partial charge is 0.148 e. The highest BCUT2D eigenvalue weighted by Crippen LogP contribution is 1.78. The van der Waals surface area contributed by atoms with Crippen LogP contribution in [-0.2, 0) is 20.0 Å². The second-order valence-corrected chi connectivity index (χ2v) is 4.27. The van der Waals surface area contributed by atoms with Crippen molar-refractivity contribution in [2.24, 2.45) is 5.73 Å². The molecule has 0 saturated carbocycles. The van der Waals surface area contributed by atoms with Crippen LogP contribution in [0, 0.1) is 5.41 Å². The summed E-state index contributed by atoms with van der Waals surface area (Å²) in [5.41, 5.74) is 4.76. The SMILES string of the molecule is N=C(N)CS(=O)(O)=S. The Morgan fingerprint density at radius 1 is 2.00 bits per heavy atom. The Labute approximate surface area is 52.1 Å². The summed E-state index contributed by atoms with van der Waals surface area (Å²) in [6.07, 6.45) is 0. The highest BCUT2D eigenvalue weighted by atomic mass is 32.8. The number of rotatable bonds is 2. The topological polar surface area (TPSA) is 87.2 Å². The summed E-state index contributed by atoms with van der Waals surface area (Å²) in [5, 5.41) is 6.52. The molecule has 0 aromatic carbocycles. The van der Waals surface area contributed by atoms with Crippen molar-refractivity contribution in [1.82, 2.24) is 0 Å². The van der Waals surface area contributed by atoms with Crippen molar-refractivity contribution in [2.75, 3.05) is 5.75 Å². The number of hydrogen-bond acceptors (Lipinski definition) is 3. The molecule has 0 aliphatic carbocycles. The number of hydrogen-bond donors (Lipinski definition) is 3. The standard InChI is InChI=1S/C2H6N2O2S2/c3-2(4)1-8(5,6)7/h1H2,(H3,3,4)(H,5,6,7). The van der Waals surface area contributed by atoms with Crippen molar-refractivity contribution in [1.29, 1.82) is 5.41 Å². The van der Waals surface area contributed by atoms with Crippen molar-refractivity contribution in [2.45, 2.75) is 0 Å². The van der Waals surface area contributed by atoms with Gasteiger partial charge < -0.3 is 10.3 Å². The molecule has 0 rings (SSSR count).